The third-order valence-corrected chi connectivity index (χ3v) is 14.8. The average molecular weight is 733 g/mol. The number of rotatable bonds is 9. The van der Waals surface area contributed by atoms with Crippen LogP contribution in [-0.2, 0) is 11.2 Å². The Morgan fingerprint density at radius 2 is 1.68 bits per heavy atom. The van der Waals surface area contributed by atoms with Gasteiger partial charge in [0.15, 0.2) is 0 Å². The zero-order chi connectivity index (χ0) is 37.0. The van der Waals surface area contributed by atoms with Gasteiger partial charge in [-0.1, -0.05) is 38.1 Å². The van der Waals surface area contributed by atoms with E-state index in [9.17, 15) is 22.8 Å². The van der Waals surface area contributed by atoms with Gasteiger partial charge in [0.25, 0.3) is 11.5 Å². The van der Waals surface area contributed by atoms with E-state index in [0.717, 1.165) is 82.1 Å². The number of alkyl halides is 2. The largest absolute Gasteiger partial charge is 0.378 e. The lowest BCUT2D eigenvalue weighted by atomic mass is 9.45. The van der Waals surface area contributed by atoms with Gasteiger partial charge in [0.05, 0.1) is 22.7 Å². The van der Waals surface area contributed by atoms with Gasteiger partial charge in [-0.3, -0.25) is 14.5 Å². The molecule has 286 valence electrons. The average Bonchev–Trinajstić information content (AvgIpc) is 3.49. The maximum atomic E-state index is 15.0. The maximum absolute atomic E-state index is 15.0. The van der Waals surface area contributed by atoms with Crippen LogP contribution in [0.4, 0.5) is 13.2 Å². The molecule has 0 spiro atoms. The Balaban J connectivity index is 0.785. The molecule has 2 aromatic carbocycles. The molecule has 1 amide bonds. The van der Waals surface area contributed by atoms with Crippen molar-refractivity contribution in [2.75, 3.05) is 39.3 Å². The van der Waals surface area contributed by atoms with Gasteiger partial charge in [0, 0.05) is 57.4 Å². The summed E-state index contributed by atoms with van der Waals surface area (Å²) in [4.78, 5) is 29.8. The van der Waals surface area contributed by atoms with Crippen molar-refractivity contribution >= 4 is 16.7 Å². The van der Waals surface area contributed by atoms with Gasteiger partial charge in [-0.05, 0) is 123 Å². The Morgan fingerprint density at radius 1 is 0.906 bits per heavy atom. The van der Waals surface area contributed by atoms with Crippen LogP contribution >= 0.6 is 0 Å². The van der Waals surface area contributed by atoms with Gasteiger partial charge in [-0.25, -0.2) is 18.3 Å². The van der Waals surface area contributed by atoms with Gasteiger partial charge in [-0.2, -0.15) is 5.10 Å². The fourth-order valence-corrected chi connectivity index (χ4v) is 11.8. The fraction of sp³-hybridized carbons (Fsp3) is 0.651. The number of benzene rings is 2. The van der Waals surface area contributed by atoms with Crippen LogP contribution in [-0.4, -0.2) is 77.3 Å². The first kappa shape index (κ1) is 36.7. The van der Waals surface area contributed by atoms with Crippen molar-refractivity contribution in [3.05, 3.63) is 75.5 Å². The molecule has 0 unspecified atom stereocenters. The molecule has 5 aliphatic rings. The Labute approximate surface area is 311 Å². The van der Waals surface area contributed by atoms with Crippen molar-refractivity contribution in [1.82, 2.24) is 20.0 Å². The molecule has 8 rings (SSSR count). The molecule has 3 aromatic rings. The lowest BCUT2D eigenvalue weighted by Crippen LogP contribution is -2.55. The number of hydrogen-bond acceptors (Lipinski definition) is 5. The van der Waals surface area contributed by atoms with Crippen LogP contribution in [0.2, 0.25) is 0 Å². The van der Waals surface area contributed by atoms with Crippen LogP contribution in [0.3, 0.4) is 0 Å². The minimum atomic E-state index is -2.47. The number of ether oxygens (including phenoxy) is 1. The normalized spacial score (nSPS) is 32.6. The second-order valence-corrected chi connectivity index (χ2v) is 17.6. The molecule has 5 fully saturated rings. The van der Waals surface area contributed by atoms with Crippen LogP contribution in [0, 0.1) is 40.3 Å². The first-order chi connectivity index (χ1) is 25.4. The summed E-state index contributed by atoms with van der Waals surface area (Å²) < 4.78 is 50.3. The van der Waals surface area contributed by atoms with Crippen molar-refractivity contribution in [2.45, 2.75) is 103 Å². The number of nitrogens with zero attached hydrogens (tertiary/aromatic N) is 3. The number of amides is 1. The molecule has 0 radical (unpaired) electrons. The molecule has 1 saturated heterocycles. The zero-order valence-corrected chi connectivity index (χ0v) is 31.4. The molecule has 7 atom stereocenters. The molecule has 2 heterocycles. The molecule has 0 bridgehead atoms. The molecule has 4 aliphatic carbocycles. The predicted molar refractivity (Wildman–Crippen MR) is 200 cm³/mol. The highest BCUT2D eigenvalue weighted by Crippen LogP contribution is 2.67. The number of fused-ring (bicyclic) bond motifs is 6. The number of piperazine rings is 1. The molecule has 1 aliphatic heterocycles. The Morgan fingerprint density at radius 3 is 2.49 bits per heavy atom. The third-order valence-electron chi connectivity index (χ3n) is 14.8. The van der Waals surface area contributed by atoms with E-state index in [0.29, 0.717) is 54.8 Å². The van der Waals surface area contributed by atoms with Crippen molar-refractivity contribution < 1.29 is 22.7 Å². The topological polar surface area (TPSA) is 78.5 Å². The Hall–Kier alpha value is -3.24. The van der Waals surface area contributed by atoms with E-state index in [1.54, 1.807) is 29.2 Å². The van der Waals surface area contributed by atoms with E-state index in [1.165, 1.54) is 12.5 Å². The minimum Gasteiger partial charge on any atom is -0.378 e. The van der Waals surface area contributed by atoms with E-state index in [4.69, 9.17) is 4.74 Å². The third kappa shape index (κ3) is 6.96. The standard InChI is InChI=1S/C43H55F3N4O3/c1-41-17-18-43(45,46)27-29(41)10-11-32-34-12-14-38(42(34,2)16-15-35(32)41)53-24-6-5-19-49-20-22-50(23-21-49)40(52)33-25-28(9-13-36(33)44)26-37-30-7-3-4-8-31(30)39(51)48-47-37/h3-4,7-9,13,25,29,32,34-35,38H,5-6,10-12,14-24,26-27H2,1-2H3,(H,48,51)/t29-,32-,34-,35-,38-,41-,42-/m0/s1. The number of hydrogen-bond donors (Lipinski definition) is 1. The fourth-order valence-electron chi connectivity index (χ4n) is 11.8. The van der Waals surface area contributed by atoms with E-state index >= 15 is 0 Å². The summed E-state index contributed by atoms with van der Waals surface area (Å²) in [5, 5.41) is 8.08. The SMILES string of the molecule is C[C@]12CCC(F)(F)C[C@@H]1CC[C@@H]1[C@@H]2CC[C@]2(C)[C@@H](OCCCCN3CCN(C(=O)c4cc(Cc5n[nH]c(=O)c6ccccc56)ccc4F)CC3)CC[C@@H]12. The molecule has 1 N–H and O–H groups in total. The number of nitrogens with one attached hydrogen (secondary N) is 1. The van der Waals surface area contributed by atoms with E-state index in [-0.39, 0.29) is 52.7 Å². The van der Waals surface area contributed by atoms with Crippen LogP contribution < -0.4 is 5.56 Å². The van der Waals surface area contributed by atoms with Crippen LogP contribution in [0.15, 0.2) is 47.3 Å². The van der Waals surface area contributed by atoms with Crippen LogP contribution in [0.25, 0.3) is 10.8 Å². The number of halogens is 3. The number of aromatic amines is 1. The molecule has 4 saturated carbocycles. The Kier molecular flexibility index (Phi) is 10.0. The van der Waals surface area contributed by atoms with Crippen molar-refractivity contribution in [3.63, 3.8) is 0 Å². The number of aromatic nitrogens is 2. The predicted octanol–water partition coefficient (Wildman–Crippen LogP) is 8.25. The smallest absolute Gasteiger partial charge is 0.272 e. The van der Waals surface area contributed by atoms with Gasteiger partial charge in [-0.15, -0.1) is 0 Å². The van der Waals surface area contributed by atoms with Gasteiger partial charge in [0.2, 0.25) is 5.92 Å². The number of unbranched alkanes of at least 4 members (excludes halogenated alkanes) is 1. The summed E-state index contributed by atoms with van der Waals surface area (Å²) in [6.45, 7) is 9.13. The summed E-state index contributed by atoms with van der Waals surface area (Å²) in [7, 11) is 0. The summed E-state index contributed by atoms with van der Waals surface area (Å²) in [5.41, 5.74) is 1.50. The summed E-state index contributed by atoms with van der Waals surface area (Å²) in [6.07, 6.45) is 10.2. The molecular weight excluding hydrogens is 677 g/mol. The van der Waals surface area contributed by atoms with Crippen molar-refractivity contribution in [3.8, 4) is 0 Å². The number of H-pyrrole nitrogens is 1. The lowest BCUT2D eigenvalue weighted by molar-refractivity contribution is -0.169. The lowest BCUT2D eigenvalue weighted by Gasteiger charge is -2.61. The van der Waals surface area contributed by atoms with E-state index in [1.807, 2.05) is 12.1 Å². The monoisotopic (exact) mass is 732 g/mol. The summed E-state index contributed by atoms with van der Waals surface area (Å²) in [6, 6.07) is 11.9. The molecule has 10 heteroatoms. The maximum Gasteiger partial charge on any atom is 0.272 e. The number of carbonyl (C=O) groups is 1. The van der Waals surface area contributed by atoms with Gasteiger partial charge >= 0.3 is 0 Å². The molecular formula is C43H55F3N4O3. The highest BCUT2D eigenvalue weighted by atomic mass is 19.3. The van der Waals surface area contributed by atoms with E-state index < -0.39 is 11.7 Å². The van der Waals surface area contributed by atoms with E-state index in [2.05, 4.69) is 28.9 Å². The first-order valence-electron chi connectivity index (χ1n) is 20.2. The van der Waals surface area contributed by atoms with Crippen molar-refractivity contribution in [1.29, 1.82) is 0 Å². The first-order valence-corrected chi connectivity index (χ1v) is 20.2. The second kappa shape index (κ2) is 14.4. The van der Waals surface area contributed by atoms with Crippen LogP contribution in [0.1, 0.15) is 106 Å². The quantitative estimate of drug-likeness (QED) is 0.224. The summed E-state index contributed by atoms with van der Waals surface area (Å²) in [5.74, 6) is -1.24. The minimum absolute atomic E-state index is 0.0666. The molecule has 1 aromatic heterocycles. The Bertz CT molecular complexity index is 1880. The van der Waals surface area contributed by atoms with Gasteiger partial charge in [0.1, 0.15) is 5.82 Å². The zero-order valence-electron chi connectivity index (χ0n) is 31.4. The summed E-state index contributed by atoms with van der Waals surface area (Å²) >= 11 is 0. The van der Waals surface area contributed by atoms with Crippen molar-refractivity contribution in [2.24, 2.45) is 34.5 Å². The molecule has 7 nitrogen and oxygen atoms in total. The van der Waals surface area contributed by atoms with Crippen LogP contribution in [0.5, 0.6) is 0 Å². The highest BCUT2D eigenvalue weighted by molar-refractivity contribution is 5.95. The van der Waals surface area contributed by atoms with Gasteiger partial charge < -0.3 is 9.64 Å². The molecule has 53 heavy (non-hydrogen) atoms. The highest BCUT2D eigenvalue weighted by Gasteiger charge is 2.62. The second-order valence-electron chi connectivity index (χ2n) is 17.6. The number of carbonyl (C=O) groups excluding carboxylic acids is 1.